The van der Waals surface area contributed by atoms with Crippen LogP contribution in [0.1, 0.15) is 24.2 Å². The van der Waals surface area contributed by atoms with Crippen molar-refractivity contribution in [2.24, 2.45) is 11.1 Å². The van der Waals surface area contributed by atoms with E-state index in [1.807, 2.05) is 0 Å². The highest BCUT2D eigenvalue weighted by molar-refractivity contribution is 5.99. The summed E-state index contributed by atoms with van der Waals surface area (Å²) in [6, 6.07) is 4.79. The van der Waals surface area contributed by atoms with Crippen molar-refractivity contribution in [1.82, 2.24) is 5.32 Å². The van der Waals surface area contributed by atoms with Gasteiger partial charge in [-0.3, -0.25) is 9.59 Å². The van der Waals surface area contributed by atoms with E-state index >= 15 is 0 Å². The number of rotatable bonds is 5. The lowest BCUT2D eigenvalue weighted by Gasteiger charge is -2.24. The first-order valence-corrected chi connectivity index (χ1v) is 5.93. The molecule has 104 valence electrons. The molecule has 1 aromatic carbocycles. The number of benzene rings is 1. The summed E-state index contributed by atoms with van der Waals surface area (Å²) in [7, 11) is 1.58. The SMILES string of the molecule is CNC(=O)C(C)(C)CNc1cc(N)ccc1C(N)=O. The summed E-state index contributed by atoms with van der Waals surface area (Å²) in [4.78, 5) is 23.0. The number of carbonyl (C=O) groups is 2. The molecule has 0 aliphatic rings. The van der Waals surface area contributed by atoms with Crippen LogP contribution in [0, 0.1) is 5.41 Å². The molecular weight excluding hydrogens is 244 g/mol. The highest BCUT2D eigenvalue weighted by Gasteiger charge is 2.26. The first-order valence-electron chi connectivity index (χ1n) is 5.93. The molecule has 6 nitrogen and oxygen atoms in total. The van der Waals surface area contributed by atoms with Crippen LogP contribution in [0.2, 0.25) is 0 Å². The highest BCUT2D eigenvalue weighted by Crippen LogP contribution is 2.22. The number of hydrogen-bond acceptors (Lipinski definition) is 4. The zero-order chi connectivity index (χ0) is 14.6. The van der Waals surface area contributed by atoms with E-state index in [1.54, 1.807) is 39.1 Å². The predicted molar refractivity (Wildman–Crippen MR) is 75.7 cm³/mol. The number of nitrogens with one attached hydrogen (secondary N) is 2. The van der Waals surface area contributed by atoms with E-state index in [4.69, 9.17) is 11.5 Å². The Kier molecular flexibility index (Phi) is 4.37. The average molecular weight is 264 g/mol. The van der Waals surface area contributed by atoms with Crippen LogP contribution in [0.5, 0.6) is 0 Å². The Labute approximate surface area is 112 Å². The molecule has 0 radical (unpaired) electrons. The second-order valence-electron chi connectivity index (χ2n) is 4.99. The first kappa shape index (κ1) is 14.8. The number of nitrogen functional groups attached to an aromatic ring is 1. The molecule has 6 heteroatoms. The van der Waals surface area contributed by atoms with Crippen molar-refractivity contribution < 1.29 is 9.59 Å². The van der Waals surface area contributed by atoms with Gasteiger partial charge in [-0.25, -0.2) is 0 Å². The smallest absolute Gasteiger partial charge is 0.250 e. The third-order valence-electron chi connectivity index (χ3n) is 2.87. The van der Waals surface area contributed by atoms with Gasteiger partial charge in [0.25, 0.3) is 5.91 Å². The van der Waals surface area contributed by atoms with E-state index in [1.165, 1.54) is 0 Å². The zero-order valence-corrected chi connectivity index (χ0v) is 11.4. The zero-order valence-electron chi connectivity index (χ0n) is 11.4. The number of hydrogen-bond donors (Lipinski definition) is 4. The Morgan fingerprint density at radius 2 is 1.95 bits per heavy atom. The van der Waals surface area contributed by atoms with Gasteiger partial charge in [0.15, 0.2) is 0 Å². The summed E-state index contributed by atoms with van der Waals surface area (Å²) in [5, 5.41) is 5.64. The molecule has 0 unspecified atom stereocenters. The summed E-state index contributed by atoms with van der Waals surface area (Å²) in [6.07, 6.45) is 0. The van der Waals surface area contributed by atoms with Crippen molar-refractivity contribution in [2.75, 3.05) is 24.6 Å². The van der Waals surface area contributed by atoms with Gasteiger partial charge in [0.2, 0.25) is 5.91 Å². The fourth-order valence-corrected chi connectivity index (χ4v) is 1.66. The average Bonchev–Trinajstić information content (AvgIpc) is 2.35. The predicted octanol–water partition coefficient (Wildman–Crippen LogP) is 0.552. The molecule has 2 amide bonds. The lowest BCUT2D eigenvalue weighted by Crippen LogP contribution is -2.39. The van der Waals surface area contributed by atoms with E-state index in [-0.39, 0.29) is 5.91 Å². The number of amides is 2. The molecule has 0 spiro atoms. The van der Waals surface area contributed by atoms with E-state index in [0.717, 1.165) is 0 Å². The van der Waals surface area contributed by atoms with Gasteiger partial charge in [-0.2, -0.15) is 0 Å². The molecule has 1 rings (SSSR count). The van der Waals surface area contributed by atoms with Gasteiger partial charge in [-0.1, -0.05) is 0 Å². The van der Waals surface area contributed by atoms with Gasteiger partial charge in [0.05, 0.1) is 11.0 Å². The standard InChI is InChI=1S/C13H20N4O2/c1-13(2,12(19)16-3)7-17-10-6-8(14)4-5-9(10)11(15)18/h4-6,17H,7,14H2,1-3H3,(H2,15,18)(H,16,19). The molecule has 0 aromatic heterocycles. The van der Waals surface area contributed by atoms with Gasteiger partial charge in [-0.05, 0) is 32.0 Å². The van der Waals surface area contributed by atoms with E-state index in [2.05, 4.69) is 10.6 Å². The largest absolute Gasteiger partial charge is 0.399 e. The van der Waals surface area contributed by atoms with Crippen LogP contribution < -0.4 is 22.1 Å². The lowest BCUT2D eigenvalue weighted by molar-refractivity contribution is -0.128. The maximum absolute atomic E-state index is 11.7. The third kappa shape index (κ3) is 3.61. The van der Waals surface area contributed by atoms with Crippen LogP contribution in [0.25, 0.3) is 0 Å². The summed E-state index contributed by atoms with van der Waals surface area (Å²) in [6.45, 7) is 3.96. The van der Waals surface area contributed by atoms with Gasteiger partial charge in [0, 0.05) is 25.0 Å². The summed E-state index contributed by atoms with van der Waals surface area (Å²) >= 11 is 0. The van der Waals surface area contributed by atoms with Crippen LogP contribution in [0.15, 0.2) is 18.2 Å². The van der Waals surface area contributed by atoms with Gasteiger partial charge < -0.3 is 22.1 Å². The molecule has 0 aliphatic carbocycles. The Hall–Kier alpha value is -2.24. The van der Waals surface area contributed by atoms with Crippen LogP contribution in [-0.4, -0.2) is 25.4 Å². The van der Waals surface area contributed by atoms with E-state index in [9.17, 15) is 9.59 Å². The normalized spacial score (nSPS) is 10.9. The van der Waals surface area contributed by atoms with Gasteiger partial charge >= 0.3 is 0 Å². The Bertz CT molecular complexity index is 497. The number of carbonyl (C=O) groups excluding carboxylic acids is 2. The molecule has 0 bridgehead atoms. The van der Waals surface area contributed by atoms with Crippen molar-refractivity contribution in [3.05, 3.63) is 23.8 Å². The van der Waals surface area contributed by atoms with Crippen molar-refractivity contribution in [3.8, 4) is 0 Å². The van der Waals surface area contributed by atoms with Crippen molar-refractivity contribution >= 4 is 23.2 Å². The molecule has 0 aliphatic heterocycles. The first-order chi connectivity index (χ1) is 8.77. The molecule has 0 saturated carbocycles. The minimum Gasteiger partial charge on any atom is -0.399 e. The topological polar surface area (TPSA) is 110 Å². The Morgan fingerprint density at radius 1 is 1.32 bits per heavy atom. The summed E-state index contributed by atoms with van der Waals surface area (Å²) in [5.41, 5.74) is 11.8. The molecule has 0 saturated heterocycles. The molecule has 1 aromatic rings. The number of nitrogens with two attached hydrogens (primary N) is 2. The van der Waals surface area contributed by atoms with Crippen LogP contribution in [-0.2, 0) is 4.79 Å². The maximum Gasteiger partial charge on any atom is 0.250 e. The Balaban J connectivity index is 2.91. The fraction of sp³-hybridized carbons (Fsp3) is 0.385. The second-order valence-corrected chi connectivity index (χ2v) is 4.99. The summed E-state index contributed by atoms with van der Waals surface area (Å²) < 4.78 is 0. The minimum atomic E-state index is -0.617. The minimum absolute atomic E-state index is 0.0930. The third-order valence-corrected chi connectivity index (χ3v) is 2.87. The monoisotopic (exact) mass is 264 g/mol. The molecule has 0 atom stereocenters. The molecular formula is C13H20N4O2. The molecule has 6 N–H and O–H groups in total. The molecule has 19 heavy (non-hydrogen) atoms. The van der Waals surface area contributed by atoms with E-state index in [0.29, 0.717) is 23.5 Å². The second kappa shape index (κ2) is 5.60. The lowest BCUT2D eigenvalue weighted by atomic mass is 9.92. The number of primary amides is 1. The van der Waals surface area contributed by atoms with Crippen molar-refractivity contribution in [1.29, 1.82) is 0 Å². The van der Waals surface area contributed by atoms with Gasteiger partial charge in [-0.15, -0.1) is 0 Å². The Morgan fingerprint density at radius 3 is 2.47 bits per heavy atom. The maximum atomic E-state index is 11.7. The van der Waals surface area contributed by atoms with Crippen LogP contribution >= 0.6 is 0 Å². The van der Waals surface area contributed by atoms with Crippen molar-refractivity contribution in [2.45, 2.75) is 13.8 Å². The molecule has 0 fully saturated rings. The van der Waals surface area contributed by atoms with Crippen LogP contribution in [0.3, 0.4) is 0 Å². The van der Waals surface area contributed by atoms with E-state index < -0.39 is 11.3 Å². The number of anilines is 2. The summed E-state index contributed by atoms with van der Waals surface area (Å²) in [5.74, 6) is -0.634. The van der Waals surface area contributed by atoms with Crippen molar-refractivity contribution in [3.63, 3.8) is 0 Å². The quantitative estimate of drug-likeness (QED) is 0.582. The van der Waals surface area contributed by atoms with Gasteiger partial charge in [0.1, 0.15) is 0 Å². The van der Waals surface area contributed by atoms with Crippen LogP contribution in [0.4, 0.5) is 11.4 Å². The fourth-order valence-electron chi connectivity index (χ4n) is 1.66. The highest BCUT2D eigenvalue weighted by atomic mass is 16.2. The molecule has 0 heterocycles.